The molecule has 94 valence electrons. The Bertz CT molecular complexity index is 400. The lowest BCUT2D eigenvalue weighted by Gasteiger charge is -2.41. The van der Waals surface area contributed by atoms with Gasteiger partial charge in [0.25, 0.3) is 0 Å². The summed E-state index contributed by atoms with van der Waals surface area (Å²) in [5.41, 5.74) is 3.12. The summed E-state index contributed by atoms with van der Waals surface area (Å²) < 4.78 is 0. The van der Waals surface area contributed by atoms with Crippen LogP contribution in [-0.4, -0.2) is 5.11 Å². The van der Waals surface area contributed by atoms with Crippen molar-refractivity contribution in [1.82, 2.24) is 0 Å². The summed E-state index contributed by atoms with van der Waals surface area (Å²) in [5.74, 6) is 1.82. The van der Waals surface area contributed by atoms with Crippen LogP contribution < -0.4 is 0 Å². The lowest BCUT2D eigenvalue weighted by Crippen LogP contribution is -2.30. The van der Waals surface area contributed by atoms with Crippen molar-refractivity contribution in [3.05, 3.63) is 29.3 Å². The van der Waals surface area contributed by atoms with Gasteiger partial charge in [-0.25, -0.2) is 0 Å². The molecule has 1 heteroatoms. The molecule has 0 radical (unpaired) electrons. The van der Waals surface area contributed by atoms with Crippen molar-refractivity contribution in [2.45, 2.75) is 52.9 Å². The van der Waals surface area contributed by atoms with E-state index in [0.29, 0.717) is 17.1 Å². The number of phenols is 1. The molecule has 1 aliphatic carbocycles. The van der Waals surface area contributed by atoms with Crippen molar-refractivity contribution in [2.24, 2.45) is 11.3 Å². The first-order valence-electron chi connectivity index (χ1n) is 6.75. The van der Waals surface area contributed by atoms with E-state index in [2.05, 4.69) is 33.8 Å². The number of aromatic hydroxyl groups is 1. The number of rotatable bonds is 1. The molecule has 0 saturated carbocycles. The van der Waals surface area contributed by atoms with Crippen LogP contribution in [0.15, 0.2) is 18.2 Å². The zero-order valence-corrected chi connectivity index (χ0v) is 11.5. The van der Waals surface area contributed by atoms with Crippen molar-refractivity contribution in [3.8, 4) is 5.75 Å². The number of benzene rings is 1. The van der Waals surface area contributed by atoms with Crippen LogP contribution in [0.25, 0.3) is 0 Å². The third-order valence-corrected chi connectivity index (χ3v) is 4.17. The Balaban J connectivity index is 2.47. The van der Waals surface area contributed by atoms with E-state index in [-0.39, 0.29) is 0 Å². The molecule has 0 bridgehead atoms. The van der Waals surface area contributed by atoms with Crippen LogP contribution in [0.5, 0.6) is 5.75 Å². The molecule has 0 aliphatic heterocycles. The normalized spacial score (nSPS) is 24.5. The molecule has 0 saturated heterocycles. The zero-order chi connectivity index (χ0) is 12.6. The minimum Gasteiger partial charge on any atom is -0.508 e. The molecule has 1 aliphatic rings. The van der Waals surface area contributed by atoms with Crippen molar-refractivity contribution in [3.63, 3.8) is 0 Å². The summed E-state index contributed by atoms with van der Waals surface area (Å²) >= 11 is 0. The molecular weight excluding hydrogens is 208 g/mol. The van der Waals surface area contributed by atoms with Crippen LogP contribution in [0.2, 0.25) is 0 Å². The average Bonchev–Trinajstić information content (AvgIpc) is 2.25. The monoisotopic (exact) mass is 232 g/mol. The van der Waals surface area contributed by atoms with Crippen LogP contribution in [0.3, 0.4) is 0 Å². The Labute approximate surface area is 105 Å². The third kappa shape index (κ3) is 2.34. The molecule has 1 aromatic carbocycles. The largest absolute Gasteiger partial charge is 0.508 e. The van der Waals surface area contributed by atoms with Gasteiger partial charge in [-0.1, -0.05) is 40.2 Å². The summed E-state index contributed by atoms with van der Waals surface area (Å²) in [6.45, 7) is 9.31. The van der Waals surface area contributed by atoms with E-state index < -0.39 is 0 Å². The van der Waals surface area contributed by atoms with E-state index >= 15 is 0 Å². The Hall–Kier alpha value is -0.980. The molecule has 0 amide bonds. The highest BCUT2D eigenvalue weighted by Gasteiger charge is 2.36. The van der Waals surface area contributed by atoms with Gasteiger partial charge in [0.2, 0.25) is 0 Å². The molecule has 2 unspecified atom stereocenters. The van der Waals surface area contributed by atoms with Crippen LogP contribution in [0.1, 0.15) is 57.6 Å². The Morgan fingerprint density at radius 1 is 1.29 bits per heavy atom. The van der Waals surface area contributed by atoms with Crippen molar-refractivity contribution in [1.29, 1.82) is 0 Å². The van der Waals surface area contributed by atoms with E-state index in [1.807, 2.05) is 12.1 Å². The highest BCUT2D eigenvalue weighted by molar-refractivity contribution is 5.40. The van der Waals surface area contributed by atoms with Gasteiger partial charge in [-0.3, -0.25) is 0 Å². The van der Waals surface area contributed by atoms with Gasteiger partial charge in [0.05, 0.1) is 0 Å². The van der Waals surface area contributed by atoms with Gasteiger partial charge in [0.15, 0.2) is 0 Å². The maximum atomic E-state index is 9.60. The predicted octanol–water partition coefficient (Wildman–Crippen LogP) is 4.49. The molecule has 17 heavy (non-hydrogen) atoms. The van der Waals surface area contributed by atoms with Gasteiger partial charge in [0, 0.05) is 0 Å². The lowest BCUT2D eigenvalue weighted by molar-refractivity contribution is 0.207. The molecule has 0 heterocycles. The molecule has 1 N–H and O–H groups in total. The number of hydrogen-bond acceptors (Lipinski definition) is 1. The first-order valence-corrected chi connectivity index (χ1v) is 6.75. The first-order chi connectivity index (χ1) is 7.93. The van der Waals surface area contributed by atoms with Gasteiger partial charge >= 0.3 is 0 Å². The summed E-state index contributed by atoms with van der Waals surface area (Å²) in [5, 5.41) is 9.60. The summed E-state index contributed by atoms with van der Waals surface area (Å²) in [4.78, 5) is 0. The van der Waals surface area contributed by atoms with E-state index in [1.54, 1.807) is 0 Å². The quantitative estimate of drug-likeness (QED) is 0.756. The second-order valence-electron chi connectivity index (χ2n) is 6.43. The lowest BCUT2D eigenvalue weighted by atomic mass is 9.63. The predicted molar refractivity (Wildman–Crippen MR) is 72.4 cm³/mol. The summed E-state index contributed by atoms with van der Waals surface area (Å²) in [7, 11) is 0. The molecule has 2 rings (SSSR count). The molecule has 0 aromatic heterocycles. The van der Waals surface area contributed by atoms with Gasteiger partial charge in [-0.05, 0) is 53.4 Å². The van der Waals surface area contributed by atoms with E-state index in [4.69, 9.17) is 0 Å². The Kier molecular flexibility index (Phi) is 3.20. The highest BCUT2D eigenvalue weighted by Crippen LogP contribution is 2.48. The summed E-state index contributed by atoms with van der Waals surface area (Å²) in [6.07, 6.45) is 3.63. The number of fused-ring (bicyclic) bond motifs is 1. The smallest absolute Gasteiger partial charge is 0.115 e. The minimum atomic E-state index is 0.298. The van der Waals surface area contributed by atoms with Crippen LogP contribution in [0, 0.1) is 11.3 Å². The molecule has 1 aromatic rings. The van der Waals surface area contributed by atoms with Gasteiger partial charge < -0.3 is 5.11 Å². The van der Waals surface area contributed by atoms with Gasteiger partial charge in [-0.2, -0.15) is 0 Å². The Morgan fingerprint density at radius 2 is 2.00 bits per heavy atom. The fraction of sp³-hybridized carbons (Fsp3) is 0.625. The maximum Gasteiger partial charge on any atom is 0.115 e. The molecule has 1 nitrogen and oxygen atoms in total. The second-order valence-corrected chi connectivity index (χ2v) is 6.43. The SMILES string of the molecule is CCC1CCc2cc(O)ccc2C1C(C)(C)C. The Morgan fingerprint density at radius 3 is 2.59 bits per heavy atom. The fourth-order valence-electron chi connectivity index (χ4n) is 3.49. The average molecular weight is 232 g/mol. The standard InChI is InChI=1S/C16H24O/c1-5-11-6-7-12-10-13(17)8-9-14(12)15(11)16(2,3)4/h8-11,15,17H,5-7H2,1-4H3. The highest BCUT2D eigenvalue weighted by atomic mass is 16.3. The first kappa shape index (κ1) is 12.5. The summed E-state index contributed by atoms with van der Waals surface area (Å²) in [6, 6.07) is 5.94. The molecule has 0 fully saturated rings. The number of aryl methyl sites for hydroxylation is 1. The number of phenolic OH excluding ortho intramolecular Hbond substituents is 1. The van der Waals surface area contributed by atoms with E-state index in [9.17, 15) is 5.11 Å². The zero-order valence-electron chi connectivity index (χ0n) is 11.5. The van der Waals surface area contributed by atoms with E-state index in [1.165, 1.54) is 24.0 Å². The topological polar surface area (TPSA) is 20.2 Å². The minimum absolute atomic E-state index is 0.298. The number of hydrogen-bond donors (Lipinski definition) is 1. The van der Waals surface area contributed by atoms with Gasteiger partial charge in [0.1, 0.15) is 5.75 Å². The fourth-order valence-corrected chi connectivity index (χ4v) is 3.49. The molecule has 0 spiro atoms. The van der Waals surface area contributed by atoms with Crippen molar-refractivity contribution < 1.29 is 5.11 Å². The third-order valence-electron chi connectivity index (χ3n) is 4.17. The molecule has 2 atom stereocenters. The van der Waals surface area contributed by atoms with Gasteiger partial charge in [-0.15, -0.1) is 0 Å². The maximum absolute atomic E-state index is 9.60. The molecular formula is C16H24O. The van der Waals surface area contributed by atoms with E-state index in [0.717, 1.165) is 12.3 Å². The van der Waals surface area contributed by atoms with Crippen LogP contribution in [0.4, 0.5) is 0 Å². The van der Waals surface area contributed by atoms with Crippen LogP contribution >= 0.6 is 0 Å². The van der Waals surface area contributed by atoms with Crippen molar-refractivity contribution in [2.75, 3.05) is 0 Å². The second kappa shape index (κ2) is 4.36. The van der Waals surface area contributed by atoms with Crippen molar-refractivity contribution >= 4 is 0 Å². The van der Waals surface area contributed by atoms with Crippen LogP contribution in [-0.2, 0) is 6.42 Å².